The van der Waals surface area contributed by atoms with Crippen LogP contribution < -0.4 is 20.5 Å². The van der Waals surface area contributed by atoms with E-state index >= 15 is 0 Å². The molecule has 0 spiro atoms. The van der Waals surface area contributed by atoms with Crippen molar-refractivity contribution >= 4 is 5.91 Å². The van der Waals surface area contributed by atoms with Crippen molar-refractivity contribution in [1.82, 2.24) is 5.32 Å². The Balaban J connectivity index is 1.89. The van der Waals surface area contributed by atoms with Crippen LogP contribution in [0.5, 0.6) is 11.5 Å². The molecule has 1 aliphatic rings. The number of benzene rings is 1. The molecule has 0 atom stereocenters. The fourth-order valence-electron chi connectivity index (χ4n) is 2.53. The molecule has 0 aliphatic heterocycles. The molecule has 1 aromatic carbocycles. The van der Waals surface area contributed by atoms with Gasteiger partial charge in [-0.15, -0.1) is 0 Å². The van der Waals surface area contributed by atoms with Gasteiger partial charge < -0.3 is 20.5 Å². The van der Waals surface area contributed by atoms with Gasteiger partial charge in [0, 0.05) is 6.54 Å². The van der Waals surface area contributed by atoms with E-state index in [-0.39, 0.29) is 5.91 Å². The molecule has 22 heavy (non-hydrogen) atoms. The summed E-state index contributed by atoms with van der Waals surface area (Å²) in [6, 6.07) is 5.89. The summed E-state index contributed by atoms with van der Waals surface area (Å²) < 4.78 is 11.1. The zero-order valence-electron chi connectivity index (χ0n) is 13.5. The van der Waals surface area contributed by atoms with Crippen LogP contribution in [0.25, 0.3) is 0 Å². The largest absolute Gasteiger partial charge is 0.490 e. The van der Waals surface area contributed by atoms with Crippen molar-refractivity contribution in [2.24, 2.45) is 5.73 Å². The number of hydrogen-bond donors (Lipinski definition) is 2. The molecule has 2 rings (SSSR count). The number of nitrogens with one attached hydrogen (secondary N) is 1. The van der Waals surface area contributed by atoms with Crippen molar-refractivity contribution in [1.29, 1.82) is 0 Å². The third-order valence-electron chi connectivity index (χ3n) is 4.01. The second kappa shape index (κ2) is 7.49. The summed E-state index contributed by atoms with van der Waals surface area (Å²) in [4.78, 5) is 12.0. The van der Waals surface area contributed by atoms with E-state index in [4.69, 9.17) is 15.2 Å². The zero-order valence-corrected chi connectivity index (χ0v) is 13.5. The van der Waals surface area contributed by atoms with E-state index in [9.17, 15) is 4.79 Å². The highest BCUT2D eigenvalue weighted by Crippen LogP contribution is 2.30. The lowest BCUT2D eigenvalue weighted by atomic mass is 9.77. The van der Waals surface area contributed by atoms with Crippen molar-refractivity contribution in [3.05, 3.63) is 23.8 Å². The van der Waals surface area contributed by atoms with Crippen LogP contribution in [-0.4, -0.2) is 31.2 Å². The fraction of sp³-hybridized carbons (Fsp3) is 0.588. The Morgan fingerprint density at radius 3 is 2.50 bits per heavy atom. The Labute approximate surface area is 132 Å². The molecule has 3 N–H and O–H groups in total. The number of nitrogens with two attached hydrogens (primary N) is 1. The van der Waals surface area contributed by atoms with Gasteiger partial charge in [0.05, 0.1) is 18.8 Å². The Hall–Kier alpha value is -1.75. The van der Waals surface area contributed by atoms with E-state index < -0.39 is 5.54 Å². The van der Waals surface area contributed by atoms with E-state index in [1.54, 1.807) is 0 Å². The van der Waals surface area contributed by atoms with Gasteiger partial charge in [-0.3, -0.25) is 4.79 Å². The molecular weight excluding hydrogens is 280 g/mol. The Morgan fingerprint density at radius 1 is 1.23 bits per heavy atom. The zero-order chi connectivity index (χ0) is 16.0. The van der Waals surface area contributed by atoms with Crippen molar-refractivity contribution in [2.45, 2.75) is 45.1 Å². The van der Waals surface area contributed by atoms with Crippen LogP contribution in [0, 0.1) is 0 Å². The molecule has 0 heterocycles. The lowest BCUT2D eigenvalue weighted by Gasteiger charge is -2.36. The van der Waals surface area contributed by atoms with Crippen LogP contribution >= 0.6 is 0 Å². The molecule has 0 radical (unpaired) electrons. The van der Waals surface area contributed by atoms with Gasteiger partial charge in [-0.2, -0.15) is 0 Å². The molecule has 1 saturated carbocycles. The van der Waals surface area contributed by atoms with Gasteiger partial charge in [0.2, 0.25) is 5.91 Å². The minimum atomic E-state index is -0.630. The van der Waals surface area contributed by atoms with E-state index in [2.05, 4.69) is 5.32 Å². The Bertz CT molecular complexity index is 513. The average molecular weight is 306 g/mol. The summed E-state index contributed by atoms with van der Waals surface area (Å²) in [5.74, 6) is 1.48. The van der Waals surface area contributed by atoms with Crippen molar-refractivity contribution in [2.75, 3.05) is 19.8 Å². The number of hydrogen-bond acceptors (Lipinski definition) is 4. The Morgan fingerprint density at radius 2 is 1.91 bits per heavy atom. The second-order valence-electron chi connectivity index (χ2n) is 5.66. The third-order valence-corrected chi connectivity index (χ3v) is 4.01. The van der Waals surface area contributed by atoms with Crippen molar-refractivity contribution in [3.8, 4) is 11.5 Å². The predicted molar refractivity (Wildman–Crippen MR) is 86.3 cm³/mol. The molecule has 0 unspecified atom stereocenters. The lowest BCUT2D eigenvalue weighted by molar-refractivity contribution is -0.129. The molecule has 1 aliphatic carbocycles. The maximum absolute atomic E-state index is 12.0. The third kappa shape index (κ3) is 3.91. The first-order valence-electron chi connectivity index (χ1n) is 8.04. The predicted octanol–water partition coefficient (Wildman–Crippen LogP) is 2.02. The van der Waals surface area contributed by atoms with Crippen LogP contribution in [-0.2, 0) is 11.2 Å². The molecule has 0 aromatic heterocycles. The molecule has 0 saturated heterocycles. The number of rotatable bonds is 8. The van der Waals surface area contributed by atoms with E-state index in [1.165, 1.54) is 0 Å². The quantitative estimate of drug-likeness (QED) is 0.770. The first-order chi connectivity index (χ1) is 10.6. The summed E-state index contributed by atoms with van der Waals surface area (Å²) in [6.07, 6.45) is 3.36. The molecule has 1 aromatic rings. The number of amides is 1. The van der Waals surface area contributed by atoms with E-state index in [1.807, 2.05) is 32.0 Å². The summed E-state index contributed by atoms with van der Waals surface area (Å²) >= 11 is 0. The number of ether oxygens (including phenoxy) is 2. The van der Waals surface area contributed by atoms with Crippen LogP contribution in [0.15, 0.2) is 18.2 Å². The standard InChI is InChI=1S/C17H26N2O3/c1-3-21-14-7-6-13(12-15(14)22-4-2)8-11-19-16(20)17(18)9-5-10-17/h6-7,12H,3-5,8-11,18H2,1-2H3,(H,19,20). The van der Waals surface area contributed by atoms with Gasteiger partial charge in [0.15, 0.2) is 11.5 Å². The fourth-order valence-corrected chi connectivity index (χ4v) is 2.53. The van der Waals surface area contributed by atoms with Gasteiger partial charge in [-0.05, 0) is 57.2 Å². The summed E-state index contributed by atoms with van der Waals surface area (Å²) in [5, 5.41) is 2.93. The molecule has 1 fully saturated rings. The molecule has 5 nitrogen and oxygen atoms in total. The summed E-state index contributed by atoms with van der Waals surface area (Å²) in [5.41, 5.74) is 6.47. The first kappa shape index (κ1) is 16.6. The molecule has 0 bridgehead atoms. The highest BCUT2D eigenvalue weighted by molar-refractivity contribution is 5.86. The molecular formula is C17H26N2O3. The summed E-state index contributed by atoms with van der Waals surface area (Å²) in [6.45, 7) is 5.67. The van der Waals surface area contributed by atoms with Gasteiger partial charge in [0.1, 0.15) is 0 Å². The smallest absolute Gasteiger partial charge is 0.240 e. The number of carbonyl (C=O) groups excluding carboxylic acids is 1. The second-order valence-corrected chi connectivity index (χ2v) is 5.66. The van der Waals surface area contributed by atoms with Crippen molar-refractivity contribution in [3.63, 3.8) is 0 Å². The highest BCUT2D eigenvalue weighted by atomic mass is 16.5. The SMILES string of the molecule is CCOc1ccc(CCNC(=O)C2(N)CCC2)cc1OCC. The molecule has 5 heteroatoms. The van der Waals surface area contributed by atoms with Gasteiger partial charge in [0.25, 0.3) is 0 Å². The van der Waals surface area contributed by atoms with Crippen LogP contribution in [0.4, 0.5) is 0 Å². The van der Waals surface area contributed by atoms with Gasteiger partial charge in [-0.1, -0.05) is 6.07 Å². The minimum absolute atomic E-state index is 0.0327. The van der Waals surface area contributed by atoms with Crippen molar-refractivity contribution < 1.29 is 14.3 Å². The summed E-state index contributed by atoms with van der Waals surface area (Å²) in [7, 11) is 0. The van der Waals surface area contributed by atoms with Gasteiger partial charge >= 0.3 is 0 Å². The Kier molecular flexibility index (Phi) is 5.66. The molecule has 122 valence electrons. The van der Waals surface area contributed by atoms with Gasteiger partial charge in [-0.25, -0.2) is 0 Å². The van der Waals surface area contributed by atoms with Crippen LogP contribution in [0.2, 0.25) is 0 Å². The minimum Gasteiger partial charge on any atom is -0.490 e. The normalized spacial score (nSPS) is 15.8. The maximum atomic E-state index is 12.0. The highest BCUT2D eigenvalue weighted by Gasteiger charge is 2.39. The maximum Gasteiger partial charge on any atom is 0.240 e. The average Bonchev–Trinajstić information content (AvgIpc) is 2.47. The molecule has 1 amide bonds. The lowest BCUT2D eigenvalue weighted by Crippen LogP contribution is -2.58. The first-order valence-corrected chi connectivity index (χ1v) is 8.04. The topological polar surface area (TPSA) is 73.6 Å². The van der Waals surface area contributed by atoms with E-state index in [0.717, 1.165) is 42.7 Å². The van der Waals surface area contributed by atoms with Crippen LogP contribution in [0.3, 0.4) is 0 Å². The van der Waals surface area contributed by atoms with Crippen LogP contribution in [0.1, 0.15) is 38.7 Å². The number of carbonyl (C=O) groups is 1. The van der Waals surface area contributed by atoms with E-state index in [0.29, 0.717) is 19.8 Å². The monoisotopic (exact) mass is 306 g/mol.